The maximum Gasteiger partial charge on any atom is 0.308 e. The summed E-state index contributed by atoms with van der Waals surface area (Å²) in [6, 6.07) is 3.90. The Bertz CT molecular complexity index is 654. The predicted octanol–water partition coefficient (Wildman–Crippen LogP) is 2.66. The number of likely N-dealkylation sites (tertiary alicyclic amines) is 1. The van der Waals surface area contributed by atoms with Crippen molar-refractivity contribution >= 4 is 40.9 Å². The SMILES string of the molecule is CC1C(C(=O)O)CCN1C(=O)CSc1ccc(Cl)cc1[N+](=O)[O-]. The van der Waals surface area contributed by atoms with Crippen LogP contribution in [0.15, 0.2) is 23.1 Å². The zero-order valence-corrected chi connectivity index (χ0v) is 13.8. The largest absolute Gasteiger partial charge is 0.481 e. The van der Waals surface area contributed by atoms with Crippen LogP contribution >= 0.6 is 23.4 Å². The van der Waals surface area contributed by atoms with Crippen LogP contribution < -0.4 is 0 Å². The van der Waals surface area contributed by atoms with E-state index < -0.39 is 16.8 Å². The summed E-state index contributed by atoms with van der Waals surface area (Å²) < 4.78 is 0. The molecule has 0 aliphatic carbocycles. The van der Waals surface area contributed by atoms with E-state index in [-0.39, 0.29) is 28.4 Å². The number of nitro benzene ring substituents is 1. The molecule has 1 aliphatic rings. The first-order chi connectivity index (χ1) is 10.8. The number of thioether (sulfide) groups is 1. The minimum absolute atomic E-state index is 0.0130. The number of hydrogen-bond acceptors (Lipinski definition) is 5. The summed E-state index contributed by atoms with van der Waals surface area (Å²) in [5.41, 5.74) is -0.145. The van der Waals surface area contributed by atoms with Crippen molar-refractivity contribution in [3.63, 3.8) is 0 Å². The van der Waals surface area contributed by atoms with Crippen LogP contribution in [-0.4, -0.2) is 45.1 Å². The Balaban J connectivity index is 2.03. The maximum atomic E-state index is 12.3. The number of benzene rings is 1. The molecule has 2 atom stereocenters. The fourth-order valence-corrected chi connectivity index (χ4v) is 3.66. The van der Waals surface area contributed by atoms with Gasteiger partial charge in [-0.05, 0) is 25.5 Å². The van der Waals surface area contributed by atoms with Gasteiger partial charge in [-0.3, -0.25) is 19.7 Å². The van der Waals surface area contributed by atoms with Crippen molar-refractivity contribution in [2.45, 2.75) is 24.3 Å². The number of rotatable bonds is 5. The molecule has 23 heavy (non-hydrogen) atoms. The van der Waals surface area contributed by atoms with Crippen LogP contribution in [0.2, 0.25) is 5.02 Å². The molecule has 9 heteroatoms. The first kappa shape index (κ1) is 17.6. The van der Waals surface area contributed by atoms with E-state index in [0.717, 1.165) is 11.8 Å². The van der Waals surface area contributed by atoms with E-state index in [9.17, 15) is 19.7 Å². The van der Waals surface area contributed by atoms with Crippen LogP contribution in [0.1, 0.15) is 13.3 Å². The average molecular weight is 359 g/mol. The van der Waals surface area contributed by atoms with Gasteiger partial charge in [-0.1, -0.05) is 11.6 Å². The van der Waals surface area contributed by atoms with Crippen LogP contribution in [-0.2, 0) is 9.59 Å². The van der Waals surface area contributed by atoms with E-state index in [1.54, 1.807) is 6.92 Å². The Labute approximate surface area is 141 Å². The molecule has 1 aromatic rings. The van der Waals surface area contributed by atoms with Crippen molar-refractivity contribution in [3.05, 3.63) is 33.3 Å². The number of halogens is 1. The lowest BCUT2D eigenvalue weighted by molar-refractivity contribution is -0.387. The van der Waals surface area contributed by atoms with Gasteiger partial charge in [-0.2, -0.15) is 0 Å². The molecule has 0 radical (unpaired) electrons. The molecule has 1 heterocycles. The van der Waals surface area contributed by atoms with E-state index in [4.69, 9.17) is 16.7 Å². The second-order valence-corrected chi connectivity index (χ2v) is 6.67. The number of nitrogens with zero attached hydrogens (tertiary/aromatic N) is 2. The number of carbonyl (C=O) groups is 2. The van der Waals surface area contributed by atoms with Crippen molar-refractivity contribution < 1.29 is 19.6 Å². The van der Waals surface area contributed by atoms with E-state index in [0.29, 0.717) is 17.9 Å². The van der Waals surface area contributed by atoms with Crippen molar-refractivity contribution in [1.82, 2.24) is 4.90 Å². The van der Waals surface area contributed by atoms with Gasteiger partial charge >= 0.3 is 5.97 Å². The molecule has 2 rings (SSSR count). The highest BCUT2D eigenvalue weighted by Gasteiger charge is 2.37. The van der Waals surface area contributed by atoms with Gasteiger partial charge in [0.1, 0.15) is 0 Å². The molecule has 1 aliphatic heterocycles. The summed E-state index contributed by atoms with van der Waals surface area (Å²) in [6.45, 7) is 2.10. The average Bonchev–Trinajstić information content (AvgIpc) is 2.87. The highest BCUT2D eigenvalue weighted by molar-refractivity contribution is 8.00. The number of nitro groups is 1. The normalized spacial score (nSPS) is 20.5. The van der Waals surface area contributed by atoms with Gasteiger partial charge in [0.05, 0.1) is 21.5 Å². The molecule has 0 saturated carbocycles. The Morgan fingerprint density at radius 3 is 2.78 bits per heavy atom. The lowest BCUT2D eigenvalue weighted by atomic mass is 10.0. The molecule has 7 nitrogen and oxygen atoms in total. The standard InChI is InChI=1S/C14H15ClN2O5S/c1-8-10(14(19)20)4-5-16(8)13(18)7-23-12-3-2-9(15)6-11(12)17(21)22/h2-3,6,8,10H,4-5,7H2,1H3,(H,19,20). The highest BCUT2D eigenvalue weighted by Crippen LogP contribution is 2.32. The van der Waals surface area contributed by atoms with Crippen LogP contribution in [0.3, 0.4) is 0 Å². The Kier molecular flexibility index (Phi) is 5.48. The van der Waals surface area contributed by atoms with Crippen LogP contribution in [0, 0.1) is 16.0 Å². The second kappa shape index (κ2) is 7.18. The number of amides is 1. The number of carbonyl (C=O) groups excluding carboxylic acids is 1. The summed E-state index contributed by atoms with van der Waals surface area (Å²) in [7, 11) is 0. The van der Waals surface area contributed by atoms with Gasteiger partial charge in [-0.25, -0.2) is 0 Å². The quantitative estimate of drug-likeness (QED) is 0.493. The lowest BCUT2D eigenvalue weighted by Crippen LogP contribution is -2.38. The zero-order chi connectivity index (χ0) is 17.1. The predicted molar refractivity (Wildman–Crippen MR) is 85.7 cm³/mol. The molecule has 2 unspecified atom stereocenters. The molecular weight excluding hydrogens is 344 g/mol. The van der Waals surface area contributed by atoms with E-state index in [2.05, 4.69) is 0 Å². The Morgan fingerprint density at radius 2 is 2.22 bits per heavy atom. The molecule has 1 amide bonds. The van der Waals surface area contributed by atoms with Gasteiger partial charge in [0, 0.05) is 23.7 Å². The summed E-state index contributed by atoms with van der Waals surface area (Å²) >= 11 is 6.80. The number of carboxylic acids is 1. The second-order valence-electron chi connectivity index (χ2n) is 5.22. The minimum Gasteiger partial charge on any atom is -0.481 e. The summed E-state index contributed by atoms with van der Waals surface area (Å²) in [6.07, 6.45) is 0.425. The van der Waals surface area contributed by atoms with Crippen LogP contribution in [0.4, 0.5) is 5.69 Å². The van der Waals surface area contributed by atoms with Crippen molar-refractivity contribution in [2.75, 3.05) is 12.3 Å². The monoisotopic (exact) mass is 358 g/mol. The van der Waals surface area contributed by atoms with Crippen LogP contribution in [0.25, 0.3) is 0 Å². The number of aliphatic carboxylic acids is 1. The van der Waals surface area contributed by atoms with Gasteiger partial charge in [0.2, 0.25) is 5.91 Å². The van der Waals surface area contributed by atoms with Gasteiger partial charge in [0.25, 0.3) is 5.69 Å². The topological polar surface area (TPSA) is 101 Å². The van der Waals surface area contributed by atoms with Gasteiger partial charge in [0.15, 0.2) is 0 Å². The van der Waals surface area contributed by atoms with Crippen molar-refractivity contribution in [2.24, 2.45) is 5.92 Å². The molecule has 1 N–H and O–H groups in total. The molecule has 0 bridgehead atoms. The van der Waals surface area contributed by atoms with E-state index in [1.807, 2.05) is 0 Å². The van der Waals surface area contributed by atoms with Crippen LogP contribution in [0.5, 0.6) is 0 Å². The molecule has 0 spiro atoms. The van der Waals surface area contributed by atoms with Gasteiger partial charge in [-0.15, -0.1) is 11.8 Å². The molecule has 1 aromatic carbocycles. The first-order valence-electron chi connectivity index (χ1n) is 6.90. The molecule has 124 valence electrons. The number of carboxylic acid groups (broad SMARTS) is 1. The summed E-state index contributed by atoms with van der Waals surface area (Å²) in [5.74, 6) is -1.68. The Hall–Kier alpha value is -1.80. The fraction of sp³-hybridized carbons (Fsp3) is 0.429. The van der Waals surface area contributed by atoms with E-state index >= 15 is 0 Å². The van der Waals surface area contributed by atoms with Crippen molar-refractivity contribution in [1.29, 1.82) is 0 Å². The lowest BCUT2D eigenvalue weighted by Gasteiger charge is -2.23. The maximum absolute atomic E-state index is 12.3. The zero-order valence-electron chi connectivity index (χ0n) is 12.3. The van der Waals surface area contributed by atoms with Crippen molar-refractivity contribution in [3.8, 4) is 0 Å². The highest BCUT2D eigenvalue weighted by atomic mass is 35.5. The molecule has 1 fully saturated rings. The molecular formula is C14H15ClN2O5S. The smallest absolute Gasteiger partial charge is 0.308 e. The third kappa shape index (κ3) is 3.94. The number of hydrogen-bond donors (Lipinski definition) is 1. The van der Waals surface area contributed by atoms with E-state index in [1.165, 1.54) is 23.1 Å². The fourth-order valence-electron chi connectivity index (χ4n) is 2.60. The minimum atomic E-state index is -0.909. The third-order valence-electron chi connectivity index (χ3n) is 3.86. The molecule has 1 saturated heterocycles. The Morgan fingerprint density at radius 1 is 1.52 bits per heavy atom. The third-order valence-corrected chi connectivity index (χ3v) is 5.14. The summed E-state index contributed by atoms with van der Waals surface area (Å²) in [5, 5.41) is 20.4. The first-order valence-corrected chi connectivity index (χ1v) is 8.26. The van der Waals surface area contributed by atoms with Gasteiger partial charge < -0.3 is 10.0 Å². The molecule has 0 aromatic heterocycles. The summed E-state index contributed by atoms with van der Waals surface area (Å²) in [4.78, 5) is 35.7.